The highest BCUT2D eigenvalue weighted by Gasteiger charge is 2.23. The first kappa shape index (κ1) is 20.5. The predicted octanol–water partition coefficient (Wildman–Crippen LogP) is 4.76. The Morgan fingerprint density at radius 2 is 1.78 bits per heavy atom. The minimum absolute atomic E-state index is 0.0440. The summed E-state index contributed by atoms with van der Waals surface area (Å²) in [6, 6.07) is 26.0. The molecule has 6 nitrogen and oxygen atoms in total. The number of rotatable bonds is 6. The predicted molar refractivity (Wildman–Crippen MR) is 125 cm³/mol. The molecule has 1 aliphatic rings. The van der Waals surface area contributed by atoms with Gasteiger partial charge in [0.2, 0.25) is 0 Å². The minimum atomic E-state index is -0.0440. The lowest BCUT2D eigenvalue weighted by Gasteiger charge is -2.26. The van der Waals surface area contributed by atoms with Crippen LogP contribution in [0.3, 0.4) is 0 Å². The van der Waals surface area contributed by atoms with E-state index >= 15 is 0 Å². The van der Waals surface area contributed by atoms with Gasteiger partial charge in [0.15, 0.2) is 5.82 Å². The zero-order valence-electron chi connectivity index (χ0n) is 17.5. The monoisotopic (exact) mass is 441 g/mol. The normalized spacial score (nSPS) is 15.2. The molecule has 0 spiro atoms. The number of nitrogens with zero attached hydrogens (tertiary/aromatic N) is 4. The summed E-state index contributed by atoms with van der Waals surface area (Å²) in [7, 11) is 0. The van der Waals surface area contributed by atoms with Crippen molar-refractivity contribution >= 4 is 17.7 Å². The third-order valence-electron chi connectivity index (χ3n) is 5.70. The van der Waals surface area contributed by atoms with E-state index in [0.29, 0.717) is 11.3 Å². The Bertz CT molecular complexity index is 1220. The van der Waals surface area contributed by atoms with Gasteiger partial charge in [0.25, 0.3) is 5.91 Å². The second-order valence-corrected chi connectivity index (χ2v) is 8.76. The van der Waals surface area contributed by atoms with Crippen LogP contribution in [-0.4, -0.2) is 26.1 Å². The van der Waals surface area contributed by atoms with Crippen LogP contribution in [0, 0.1) is 0 Å². The van der Waals surface area contributed by atoms with E-state index < -0.39 is 0 Å². The molecular formula is C25H23N5OS. The molecule has 1 atom stereocenters. The van der Waals surface area contributed by atoms with Gasteiger partial charge in [0.05, 0.1) is 23.0 Å². The smallest absolute Gasteiger partial charge is 0.252 e. The maximum atomic E-state index is 13.2. The van der Waals surface area contributed by atoms with Crippen LogP contribution in [0.4, 0.5) is 0 Å². The molecule has 1 N–H and O–H groups in total. The number of carbonyl (C=O) groups excluding carboxylic acids is 1. The van der Waals surface area contributed by atoms with Crippen molar-refractivity contribution < 1.29 is 4.79 Å². The molecule has 7 heteroatoms. The lowest BCUT2D eigenvalue weighted by Crippen LogP contribution is -2.31. The number of aryl methyl sites for hydroxylation is 1. The summed E-state index contributed by atoms with van der Waals surface area (Å²) >= 11 is 1.57. The summed E-state index contributed by atoms with van der Waals surface area (Å²) in [4.78, 5) is 14.1. The van der Waals surface area contributed by atoms with E-state index in [9.17, 15) is 4.79 Å². The third kappa shape index (κ3) is 4.29. The highest BCUT2D eigenvalue weighted by Crippen LogP contribution is 2.31. The molecule has 0 fully saturated rings. The number of hydrogen-bond donors (Lipinski definition) is 1. The molecule has 3 aromatic carbocycles. The first-order valence-corrected chi connectivity index (χ1v) is 11.7. The van der Waals surface area contributed by atoms with Gasteiger partial charge in [0, 0.05) is 4.90 Å². The highest BCUT2D eigenvalue weighted by molar-refractivity contribution is 7.98. The first-order valence-electron chi connectivity index (χ1n) is 10.7. The Hall–Kier alpha value is -3.45. The summed E-state index contributed by atoms with van der Waals surface area (Å²) < 4.78 is 1.73. The van der Waals surface area contributed by atoms with E-state index in [4.69, 9.17) is 0 Å². The molecule has 0 aliphatic heterocycles. The van der Waals surface area contributed by atoms with Gasteiger partial charge in [-0.3, -0.25) is 4.79 Å². The Labute approximate surface area is 191 Å². The van der Waals surface area contributed by atoms with Crippen LogP contribution in [0.2, 0.25) is 0 Å². The number of fused-ring (bicyclic) bond motifs is 1. The van der Waals surface area contributed by atoms with Crippen molar-refractivity contribution in [3.8, 4) is 5.69 Å². The van der Waals surface area contributed by atoms with Gasteiger partial charge in [-0.05, 0) is 65.1 Å². The van der Waals surface area contributed by atoms with Crippen molar-refractivity contribution in [2.24, 2.45) is 0 Å². The summed E-state index contributed by atoms with van der Waals surface area (Å²) in [5.41, 5.74) is 4.16. The number of carbonyl (C=O) groups is 1. The standard InChI is InChI=1S/C25H23N5OS/c31-25(26-22-15-8-10-18-9-4-5-13-20(18)22)21-14-6-7-16-23(21)32-17-24-27-28-29-30(24)19-11-2-1-3-12-19/h1-7,9,11-14,16,22H,8,10,15,17H2,(H,26,31). The molecule has 1 aliphatic carbocycles. The number of amides is 1. The van der Waals surface area contributed by atoms with Crippen LogP contribution >= 0.6 is 11.8 Å². The Morgan fingerprint density at radius 3 is 2.69 bits per heavy atom. The van der Waals surface area contributed by atoms with Gasteiger partial charge in [-0.25, -0.2) is 0 Å². The van der Waals surface area contributed by atoms with Crippen molar-refractivity contribution in [2.45, 2.75) is 36.0 Å². The van der Waals surface area contributed by atoms with Gasteiger partial charge in [-0.15, -0.1) is 16.9 Å². The molecule has 1 aromatic heterocycles. The van der Waals surface area contributed by atoms with Crippen molar-refractivity contribution in [1.29, 1.82) is 0 Å². The van der Waals surface area contributed by atoms with Crippen LogP contribution in [0.15, 0.2) is 83.8 Å². The second kappa shape index (κ2) is 9.36. The number of nitrogens with one attached hydrogen (secondary N) is 1. The van der Waals surface area contributed by atoms with E-state index in [2.05, 4.69) is 39.0 Å². The van der Waals surface area contributed by atoms with Crippen LogP contribution in [-0.2, 0) is 12.2 Å². The number of benzene rings is 3. The number of thioether (sulfide) groups is 1. The fraction of sp³-hybridized carbons (Fsp3) is 0.200. The highest BCUT2D eigenvalue weighted by atomic mass is 32.2. The molecule has 0 saturated heterocycles. The van der Waals surface area contributed by atoms with Crippen molar-refractivity contribution in [3.05, 3.63) is 101 Å². The van der Waals surface area contributed by atoms with Crippen molar-refractivity contribution in [2.75, 3.05) is 0 Å². The molecule has 160 valence electrons. The summed E-state index contributed by atoms with van der Waals surface area (Å²) in [6.45, 7) is 0. The zero-order chi connectivity index (χ0) is 21.8. The number of hydrogen-bond acceptors (Lipinski definition) is 5. The number of tetrazole rings is 1. The van der Waals surface area contributed by atoms with Crippen LogP contribution in [0.25, 0.3) is 5.69 Å². The molecular weight excluding hydrogens is 418 g/mol. The SMILES string of the molecule is O=C(NC1CCCc2ccccc21)c1ccccc1SCc1nnnn1-c1ccccc1. The average molecular weight is 442 g/mol. The van der Waals surface area contributed by atoms with E-state index in [1.165, 1.54) is 11.1 Å². The maximum Gasteiger partial charge on any atom is 0.252 e. The molecule has 0 radical (unpaired) electrons. The lowest BCUT2D eigenvalue weighted by molar-refractivity contribution is 0.0930. The van der Waals surface area contributed by atoms with Gasteiger partial charge in [-0.2, -0.15) is 4.68 Å². The van der Waals surface area contributed by atoms with E-state index in [0.717, 1.165) is 35.7 Å². The molecule has 5 rings (SSSR count). The van der Waals surface area contributed by atoms with Gasteiger partial charge < -0.3 is 5.32 Å². The van der Waals surface area contributed by atoms with Crippen molar-refractivity contribution in [3.63, 3.8) is 0 Å². The van der Waals surface area contributed by atoms with Crippen LogP contribution in [0.1, 0.15) is 46.2 Å². The number of para-hydroxylation sites is 1. The second-order valence-electron chi connectivity index (χ2n) is 7.74. The maximum absolute atomic E-state index is 13.2. The van der Waals surface area contributed by atoms with E-state index in [1.807, 2.05) is 60.7 Å². The van der Waals surface area contributed by atoms with E-state index in [1.54, 1.807) is 16.4 Å². The minimum Gasteiger partial charge on any atom is -0.345 e. The molecule has 0 saturated carbocycles. The van der Waals surface area contributed by atoms with Gasteiger partial charge in [0.1, 0.15) is 0 Å². The largest absolute Gasteiger partial charge is 0.345 e. The molecule has 4 aromatic rings. The Kier molecular flexibility index (Phi) is 5.98. The fourth-order valence-corrected chi connectivity index (χ4v) is 5.08. The van der Waals surface area contributed by atoms with E-state index in [-0.39, 0.29) is 11.9 Å². The third-order valence-corrected chi connectivity index (χ3v) is 6.77. The van der Waals surface area contributed by atoms with Gasteiger partial charge >= 0.3 is 0 Å². The summed E-state index contributed by atoms with van der Waals surface area (Å²) in [5.74, 6) is 1.24. The zero-order valence-corrected chi connectivity index (χ0v) is 18.3. The van der Waals surface area contributed by atoms with Crippen molar-refractivity contribution in [1.82, 2.24) is 25.5 Å². The summed E-state index contributed by atoms with van der Waals surface area (Å²) in [6.07, 6.45) is 3.12. The van der Waals surface area contributed by atoms with Gasteiger partial charge in [-0.1, -0.05) is 54.6 Å². The molecule has 0 bridgehead atoms. The topological polar surface area (TPSA) is 72.7 Å². The quantitative estimate of drug-likeness (QED) is 0.437. The first-order chi connectivity index (χ1) is 15.8. The molecule has 32 heavy (non-hydrogen) atoms. The molecule has 1 unspecified atom stereocenters. The number of aromatic nitrogens is 4. The Balaban J connectivity index is 1.32. The lowest BCUT2D eigenvalue weighted by atomic mass is 9.87. The Morgan fingerprint density at radius 1 is 1.00 bits per heavy atom. The van der Waals surface area contributed by atoms with Crippen LogP contribution in [0.5, 0.6) is 0 Å². The molecule has 1 heterocycles. The average Bonchev–Trinajstić information content (AvgIpc) is 3.32. The summed E-state index contributed by atoms with van der Waals surface area (Å²) in [5, 5.41) is 15.4. The van der Waals surface area contributed by atoms with Crippen LogP contribution < -0.4 is 5.32 Å². The molecule has 1 amide bonds. The fourth-order valence-electron chi connectivity index (χ4n) is 4.13.